The molecule has 0 aliphatic carbocycles. The highest BCUT2D eigenvalue weighted by molar-refractivity contribution is 7.83. The lowest BCUT2D eigenvalue weighted by molar-refractivity contribution is -0.146. The summed E-state index contributed by atoms with van der Waals surface area (Å²) < 4.78 is 35.9. The topological polar surface area (TPSA) is 75.3 Å². The number of hydrogen-bond acceptors (Lipinski definition) is 6. The molecule has 0 amide bonds. The van der Waals surface area contributed by atoms with Crippen LogP contribution < -0.4 is 4.90 Å². The number of esters is 1. The third-order valence-corrected chi connectivity index (χ3v) is 9.79. The molecule has 0 radical (unpaired) electrons. The van der Waals surface area contributed by atoms with Crippen LogP contribution in [0.5, 0.6) is 0 Å². The first-order chi connectivity index (χ1) is 19.8. The number of rotatable bonds is 6. The molecule has 3 aromatic carbocycles. The summed E-state index contributed by atoms with van der Waals surface area (Å²) in [4.78, 5) is 15.1. The number of aryl methyl sites for hydroxylation is 1. The van der Waals surface area contributed by atoms with Crippen molar-refractivity contribution in [3.05, 3.63) is 93.4 Å². The largest absolute Gasteiger partial charge is 0.469 e. The number of methoxy groups -OCH3 is 1. The van der Waals surface area contributed by atoms with Crippen LogP contribution in [-0.4, -0.2) is 34.3 Å². The van der Waals surface area contributed by atoms with Gasteiger partial charge in [0.15, 0.2) is 11.0 Å². The van der Waals surface area contributed by atoms with Crippen LogP contribution in [0.3, 0.4) is 0 Å². The third-order valence-electron chi connectivity index (χ3n) is 7.29. The number of nitrogens with zero attached hydrogens (tertiary/aromatic N) is 3. The van der Waals surface area contributed by atoms with Gasteiger partial charge >= 0.3 is 5.97 Å². The lowest BCUT2D eigenvalue weighted by Gasteiger charge is -2.39. The highest BCUT2D eigenvalue weighted by atomic mass is 35.5. The van der Waals surface area contributed by atoms with Crippen molar-refractivity contribution >= 4 is 56.5 Å². The molecule has 6 rings (SSSR count). The molecule has 0 saturated carbocycles. The van der Waals surface area contributed by atoms with Gasteiger partial charge in [0.2, 0.25) is 0 Å². The molecule has 1 unspecified atom stereocenters. The predicted molar refractivity (Wildman–Crippen MR) is 161 cm³/mol. The van der Waals surface area contributed by atoms with E-state index in [-0.39, 0.29) is 16.9 Å². The van der Waals surface area contributed by atoms with E-state index >= 15 is 0 Å². The summed E-state index contributed by atoms with van der Waals surface area (Å²) in [6, 6.07) is 22.0. The zero-order valence-corrected chi connectivity index (χ0v) is 24.4. The first-order valence-electron chi connectivity index (χ1n) is 12.7. The molecule has 206 valence electrons. The number of nitriles is 1. The first kappa shape index (κ1) is 27.2. The SMILES string of the molecule is COC(=O)C1CN(c2cccc(-c3c(-c4ccsc4C#N)c4cc(F)c(Cl)cc4n3S(=O)c3ccc(C)cc3)c2)C1. The van der Waals surface area contributed by atoms with Crippen LogP contribution in [0.15, 0.2) is 77.0 Å². The van der Waals surface area contributed by atoms with E-state index in [0.717, 1.165) is 16.8 Å². The molecule has 3 heterocycles. The molecule has 1 atom stereocenters. The van der Waals surface area contributed by atoms with Gasteiger partial charge < -0.3 is 9.64 Å². The minimum Gasteiger partial charge on any atom is -0.469 e. The molecule has 1 saturated heterocycles. The molecule has 0 bridgehead atoms. The number of carbonyl (C=O) groups is 1. The fraction of sp³-hybridized carbons (Fsp3) is 0.161. The number of anilines is 1. The monoisotopic (exact) mass is 603 g/mol. The zero-order chi connectivity index (χ0) is 28.8. The Kier molecular flexibility index (Phi) is 7.16. The van der Waals surface area contributed by atoms with Crippen LogP contribution >= 0.6 is 22.9 Å². The number of fused-ring (bicyclic) bond motifs is 1. The molecular weight excluding hydrogens is 581 g/mol. The molecule has 2 aromatic heterocycles. The first-order valence-corrected chi connectivity index (χ1v) is 15.1. The minimum absolute atomic E-state index is 0.0933. The highest BCUT2D eigenvalue weighted by Gasteiger charge is 2.34. The maximum Gasteiger partial charge on any atom is 0.312 e. The Morgan fingerprint density at radius 3 is 2.61 bits per heavy atom. The summed E-state index contributed by atoms with van der Waals surface area (Å²) >= 11 is 7.57. The summed E-state index contributed by atoms with van der Waals surface area (Å²) in [6.07, 6.45) is 0. The van der Waals surface area contributed by atoms with Crippen LogP contribution in [0.25, 0.3) is 33.3 Å². The van der Waals surface area contributed by atoms with Crippen LogP contribution in [0.2, 0.25) is 5.02 Å². The average molecular weight is 604 g/mol. The number of ether oxygens (including phenoxy) is 1. The number of benzene rings is 3. The van der Waals surface area contributed by atoms with Crippen molar-refractivity contribution in [1.29, 1.82) is 5.26 Å². The quantitative estimate of drug-likeness (QED) is 0.192. The van der Waals surface area contributed by atoms with E-state index in [9.17, 15) is 18.7 Å². The maximum atomic E-state index is 15.0. The van der Waals surface area contributed by atoms with E-state index in [4.69, 9.17) is 16.3 Å². The molecule has 0 N–H and O–H groups in total. The van der Waals surface area contributed by atoms with E-state index in [1.807, 2.05) is 54.8 Å². The fourth-order valence-corrected chi connectivity index (χ4v) is 7.29. The Hall–Kier alpha value is -3.97. The second kappa shape index (κ2) is 10.8. The van der Waals surface area contributed by atoms with Crippen molar-refractivity contribution in [2.45, 2.75) is 11.8 Å². The molecule has 41 heavy (non-hydrogen) atoms. The Morgan fingerprint density at radius 2 is 1.90 bits per heavy atom. The van der Waals surface area contributed by atoms with E-state index < -0.39 is 16.8 Å². The van der Waals surface area contributed by atoms with Crippen molar-refractivity contribution in [3.8, 4) is 28.5 Å². The van der Waals surface area contributed by atoms with E-state index in [1.165, 1.54) is 30.6 Å². The number of aromatic nitrogens is 1. The van der Waals surface area contributed by atoms with Crippen molar-refractivity contribution in [2.75, 3.05) is 25.1 Å². The van der Waals surface area contributed by atoms with Gasteiger partial charge in [-0.15, -0.1) is 11.3 Å². The molecule has 6 nitrogen and oxygen atoms in total. The van der Waals surface area contributed by atoms with Gasteiger partial charge in [-0.05, 0) is 54.8 Å². The molecular formula is C31H23ClFN3O3S2. The lowest BCUT2D eigenvalue weighted by atomic mass is 9.96. The lowest BCUT2D eigenvalue weighted by Crippen LogP contribution is -2.50. The summed E-state index contributed by atoms with van der Waals surface area (Å²) in [6.45, 7) is 2.99. The van der Waals surface area contributed by atoms with Gasteiger partial charge in [-0.3, -0.25) is 8.77 Å². The van der Waals surface area contributed by atoms with E-state index in [2.05, 4.69) is 11.0 Å². The number of halogens is 2. The zero-order valence-electron chi connectivity index (χ0n) is 22.1. The molecule has 10 heteroatoms. The van der Waals surface area contributed by atoms with Crippen LogP contribution in [0.4, 0.5) is 10.1 Å². The second-order valence-corrected chi connectivity index (χ2v) is 12.5. The number of thiophene rings is 1. The van der Waals surface area contributed by atoms with Crippen molar-refractivity contribution in [1.82, 2.24) is 3.97 Å². The molecule has 1 aliphatic rings. The maximum absolute atomic E-state index is 15.0. The van der Waals surface area contributed by atoms with Gasteiger partial charge in [-0.2, -0.15) is 5.26 Å². The summed E-state index contributed by atoms with van der Waals surface area (Å²) in [5.41, 5.74) is 4.90. The van der Waals surface area contributed by atoms with Crippen molar-refractivity contribution < 1.29 is 18.1 Å². The van der Waals surface area contributed by atoms with Crippen LogP contribution in [-0.2, 0) is 20.5 Å². The number of carbonyl (C=O) groups excluding carboxylic acids is 1. The Balaban J connectivity index is 1.62. The average Bonchev–Trinajstić information content (AvgIpc) is 3.54. The van der Waals surface area contributed by atoms with Crippen molar-refractivity contribution in [3.63, 3.8) is 0 Å². The highest BCUT2D eigenvalue weighted by Crippen LogP contribution is 2.46. The van der Waals surface area contributed by atoms with Gasteiger partial charge in [0.05, 0.1) is 34.2 Å². The third kappa shape index (κ3) is 4.72. The second-order valence-electron chi connectivity index (χ2n) is 9.81. The fourth-order valence-electron chi connectivity index (χ4n) is 5.17. The Morgan fingerprint density at radius 1 is 1.15 bits per heavy atom. The standard InChI is InChI=1S/C31H23ClFN3O3S2/c1-18-6-8-22(9-7-18)41(38)36-27-14-25(32)26(33)13-24(27)29(23-10-11-40-28(23)15-34)30(36)19-4-3-5-21(12-19)35-16-20(17-35)31(37)39-2/h3-14,20H,16-17H2,1-2H3. The van der Waals surface area contributed by atoms with Gasteiger partial charge in [0.25, 0.3) is 0 Å². The van der Waals surface area contributed by atoms with Gasteiger partial charge in [0, 0.05) is 40.9 Å². The Labute approximate surface area is 247 Å². The smallest absolute Gasteiger partial charge is 0.312 e. The molecule has 5 aromatic rings. The molecule has 1 aliphatic heterocycles. The molecule has 1 fully saturated rings. The van der Waals surface area contributed by atoms with E-state index in [1.54, 1.807) is 16.1 Å². The van der Waals surface area contributed by atoms with Crippen LogP contribution in [0.1, 0.15) is 10.4 Å². The van der Waals surface area contributed by atoms with Crippen LogP contribution in [0, 0.1) is 30.0 Å². The van der Waals surface area contributed by atoms with E-state index in [0.29, 0.717) is 50.6 Å². The number of hydrogen-bond donors (Lipinski definition) is 0. The summed E-state index contributed by atoms with van der Waals surface area (Å²) in [5.74, 6) is -1.05. The van der Waals surface area contributed by atoms with Gasteiger partial charge in [-0.25, -0.2) is 8.60 Å². The summed E-state index contributed by atoms with van der Waals surface area (Å²) in [5, 5.41) is 12.1. The van der Waals surface area contributed by atoms with Gasteiger partial charge in [0.1, 0.15) is 16.8 Å². The van der Waals surface area contributed by atoms with Gasteiger partial charge in [-0.1, -0.05) is 41.4 Å². The minimum atomic E-state index is -1.74. The Bertz CT molecular complexity index is 1890. The molecule has 0 spiro atoms. The predicted octanol–water partition coefficient (Wildman–Crippen LogP) is 7.19. The summed E-state index contributed by atoms with van der Waals surface area (Å²) in [7, 11) is -0.359. The normalized spacial score (nSPS) is 14.1. The van der Waals surface area contributed by atoms with Crippen molar-refractivity contribution in [2.24, 2.45) is 5.92 Å².